The van der Waals surface area contributed by atoms with Crippen molar-refractivity contribution in [2.24, 2.45) is 11.8 Å². The molecule has 0 N–H and O–H groups in total. The van der Waals surface area contributed by atoms with Gasteiger partial charge in [-0.15, -0.1) is 0 Å². The molecule has 1 aromatic carbocycles. The highest BCUT2D eigenvalue weighted by molar-refractivity contribution is 5.31. The molecule has 122 valence electrons. The van der Waals surface area contributed by atoms with E-state index in [9.17, 15) is 8.78 Å². The number of allylic oxidation sites excluding steroid dienone is 1. The van der Waals surface area contributed by atoms with Crippen molar-refractivity contribution in [3.05, 3.63) is 41.7 Å². The fourth-order valence-electron chi connectivity index (χ4n) is 3.29. The molecule has 0 atom stereocenters. The highest BCUT2D eigenvalue weighted by atomic mass is 19.2. The van der Waals surface area contributed by atoms with Crippen molar-refractivity contribution in [1.82, 2.24) is 0 Å². The summed E-state index contributed by atoms with van der Waals surface area (Å²) in [5.41, 5.74) is 0.461. The van der Waals surface area contributed by atoms with E-state index < -0.39 is 11.6 Å². The lowest BCUT2D eigenvalue weighted by molar-refractivity contribution is 0.258. The standard InChI is InChI=1S/C19H26F2O/c1-3-13-22-17-12-11-16(18(20)19(17)21)10-9-15-7-5-14(4-2)6-8-15/h3,11-15H,4-10H2,1-2H3/b13-3+. The summed E-state index contributed by atoms with van der Waals surface area (Å²) in [5.74, 6) is -0.171. The van der Waals surface area contributed by atoms with Gasteiger partial charge in [0.15, 0.2) is 11.6 Å². The van der Waals surface area contributed by atoms with Crippen molar-refractivity contribution in [3.8, 4) is 5.75 Å². The molecule has 0 bridgehead atoms. The number of benzene rings is 1. The zero-order valence-electron chi connectivity index (χ0n) is 13.6. The van der Waals surface area contributed by atoms with Crippen LogP contribution in [0.15, 0.2) is 24.5 Å². The molecule has 3 heteroatoms. The third kappa shape index (κ3) is 4.31. The van der Waals surface area contributed by atoms with Crippen LogP contribution in [0.1, 0.15) is 57.9 Å². The summed E-state index contributed by atoms with van der Waals surface area (Å²) in [4.78, 5) is 0. The van der Waals surface area contributed by atoms with E-state index in [0.29, 0.717) is 17.9 Å². The SMILES string of the molecule is C/C=C/Oc1ccc(CCC2CCC(CC)CC2)c(F)c1F. The first-order valence-electron chi connectivity index (χ1n) is 8.40. The summed E-state index contributed by atoms with van der Waals surface area (Å²) in [7, 11) is 0. The van der Waals surface area contributed by atoms with Crippen molar-refractivity contribution in [1.29, 1.82) is 0 Å². The summed E-state index contributed by atoms with van der Waals surface area (Å²) in [6.07, 6.45) is 10.8. The van der Waals surface area contributed by atoms with Gasteiger partial charge in [0.25, 0.3) is 0 Å². The van der Waals surface area contributed by atoms with E-state index in [1.165, 1.54) is 44.4 Å². The van der Waals surface area contributed by atoms with Gasteiger partial charge in [-0.1, -0.05) is 51.2 Å². The average Bonchev–Trinajstić information content (AvgIpc) is 2.56. The van der Waals surface area contributed by atoms with E-state index in [4.69, 9.17) is 4.74 Å². The predicted octanol–water partition coefficient (Wildman–Crippen LogP) is 6.03. The van der Waals surface area contributed by atoms with Crippen molar-refractivity contribution in [2.45, 2.75) is 58.8 Å². The molecule has 0 aliphatic heterocycles. The first-order valence-corrected chi connectivity index (χ1v) is 8.40. The van der Waals surface area contributed by atoms with Crippen LogP contribution in [-0.2, 0) is 6.42 Å². The second-order valence-corrected chi connectivity index (χ2v) is 6.27. The molecule has 0 aromatic heterocycles. The lowest BCUT2D eigenvalue weighted by Crippen LogP contribution is -2.14. The molecule has 2 rings (SSSR count). The van der Waals surface area contributed by atoms with Crippen molar-refractivity contribution < 1.29 is 13.5 Å². The molecule has 0 amide bonds. The molecule has 0 spiro atoms. The average molecular weight is 308 g/mol. The maximum absolute atomic E-state index is 14.1. The molecular weight excluding hydrogens is 282 g/mol. The Balaban J connectivity index is 1.92. The molecule has 1 aromatic rings. The predicted molar refractivity (Wildman–Crippen MR) is 85.9 cm³/mol. The molecule has 0 heterocycles. The van der Waals surface area contributed by atoms with Gasteiger partial charge in [0.05, 0.1) is 6.26 Å². The molecule has 1 aliphatic carbocycles. The number of aryl methyl sites for hydroxylation is 1. The minimum atomic E-state index is -0.884. The molecule has 22 heavy (non-hydrogen) atoms. The summed E-state index contributed by atoms with van der Waals surface area (Å²) in [5, 5.41) is 0. The van der Waals surface area contributed by atoms with E-state index in [0.717, 1.165) is 12.3 Å². The Kier molecular flexibility index (Phi) is 6.41. The van der Waals surface area contributed by atoms with Gasteiger partial charge in [-0.3, -0.25) is 0 Å². The quantitative estimate of drug-likeness (QED) is 0.583. The first kappa shape index (κ1) is 17.0. The van der Waals surface area contributed by atoms with Crippen LogP contribution in [0.5, 0.6) is 5.75 Å². The molecule has 1 saturated carbocycles. The van der Waals surface area contributed by atoms with Crippen molar-refractivity contribution in [2.75, 3.05) is 0 Å². The number of hydrogen-bond donors (Lipinski definition) is 0. The largest absolute Gasteiger partial charge is 0.462 e. The Bertz CT molecular complexity index is 502. The normalized spacial score (nSPS) is 22.2. The second kappa shape index (κ2) is 8.30. The van der Waals surface area contributed by atoms with Crippen LogP contribution in [0, 0.1) is 23.5 Å². The topological polar surface area (TPSA) is 9.23 Å². The minimum absolute atomic E-state index is 0.0530. The van der Waals surface area contributed by atoms with Gasteiger partial charge >= 0.3 is 0 Å². The van der Waals surface area contributed by atoms with E-state index in [1.54, 1.807) is 19.1 Å². The molecular formula is C19H26F2O. The molecule has 0 saturated heterocycles. The maximum atomic E-state index is 14.1. The van der Waals surface area contributed by atoms with Crippen LogP contribution in [0.2, 0.25) is 0 Å². The highest BCUT2D eigenvalue weighted by Gasteiger charge is 2.21. The van der Waals surface area contributed by atoms with E-state index >= 15 is 0 Å². The Morgan fingerprint density at radius 1 is 1.09 bits per heavy atom. The van der Waals surface area contributed by atoms with Crippen LogP contribution < -0.4 is 4.74 Å². The number of halogens is 2. The van der Waals surface area contributed by atoms with Crippen molar-refractivity contribution >= 4 is 0 Å². The van der Waals surface area contributed by atoms with E-state index in [2.05, 4.69) is 6.92 Å². The minimum Gasteiger partial charge on any atom is -0.462 e. The smallest absolute Gasteiger partial charge is 0.201 e. The summed E-state index contributed by atoms with van der Waals surface area (Å²) in [6.45, 7) is 4.01. The first-order chi connectivity index (χ1) is 10.7. The zero-order valence-corrected chi connectivity index (χ0v) is 13.6. The molecule has 1 fully saturated rings. The molecule has 0 unspecified atom stereocenters. The fraction of sp³-hybridized carbons (Fsp3) is 0.579. The Hall–Kier alpha value is -1.38. The second-order valence-electron chi connectivity index (χ2n) is 6.27. The highest BCUT2D eigenvalue weighted by Crippen LogP contribution is 2.33. The summed E-state index contributed by atoms with van der Waals surface area (Å²) in [6, 6.07) is 3.16. The lowest BCUT2D eigenvalue weighted by Gasteiger charge is -2.27. The van der Waals surface area contributed by atoms with Gasteiger partial charge in [0.2, 0.25) is 5.82 Å². The third-order valence-corrected chi connectivity index (χ3v) is 4.82. The summed E-state index contributed by atoms with van der Waals surface area (Å²) < 4.78 is 33.0. The molecule has 0 radical (unpaired) electrons. The van der Waals surface area contributed by atoms with Gasteiger partial charge in [-0.2, -0.15) is 4.39 Å². The summed E-state index contributed by atoms with van der Waals surface area (Å²) >= 11 is 0. The van der Waals surface area contributed by atoms with Crippen LogP contribution in [0.3, 0.4) is 0 Å². The van der Waals surface area contributed by atoms with Crippen LogP contribution in [0.4, 0.5) is 8.78 Å². The van der Waals surface area contributed by atoms with Crippen LogP contribution in [0.25, 0.3) is 0 Å². The van der Waals surface area contributed by atoms with E-state index in [1.807, 2.05) is 0 Å². The lowest BCUT2D eigenvalue weighted by atomic mass is 9.78. The third-order valence-electron chi connectivity index (χ3n) is 4.82. The monoisotopic (exact) mass is 308 g/mol. The van der Waals surface area contributed by atoms with Gasteiger partial charge in [0.1, 0.15) is 0 Å². The van der Waals surface area contributed by atoms with E-state index in [-0.39, 0.29) is 5.75 Å². The van der Waals surface area contributed by atoms with Gasteiger partial charge in [-0.05, 0) is 43.2 Å². The number of ether oxygens (including phenoxy) is 1. The van der Waals surface area contributed by atoms with Gasteiger partial charge in [0, 0.05) is 0 Å². The molecule has 1 aliphatic rings. The fourth-order valence-corrected chi connectivity index (χ4v) is 3.29. The van der Waals surface area contributed by atoms with Gasteiger partial charge in [-0.25, -0.2) is 4.39 Å². The number of hydrogen-bond acceptors (Lipinski definition) is 1. The Morgan fingerprint density at radius 3 is 2.41 bits per heavy atom. The van der Waals surface area contributed by atoms with Crippen LogP contribution >= 0.6 is 0 Å². The van der Waals surface area contributed by atoms with Crippen molar-refractivity contribution in [3.63, 3.8) is 0 Å². The van der Waals surface area contributed by atoms with Gasteiger partial charge < -0.3 is 4.74 Å². The Labute approximate surface area is 132 Å². The zero-order chi connectivity index (χ0) is 15.9. The Morgan fingerprint density at radius 2 is 1.77 bits per heavy atom. The van der Waals surface area contributed by atoms with Crippen LogP contribution in [-0.4, -0.2) is 0 Å². The number of rotatable bonds is 6. The molecule has 1 nitrogen and oxygen atoms in total. The maximum Gasteiger partial charge on any atom is 0.201 e.